The first-order chi connectivity index (χ1) is 16.7. The molecular weight excluding hydrogens is 426 g/mol. The predicted molar refractivity (Wildman–Crippen MR) is 133 cm³/mol. The Hall–Kier alpha value is -4.04. The van der Waals surface area contributed by atoms with Crippen molar-refractivity contribution >= 4 is 33.4 Å². The highest BCUT2D eigenvalue weighted by Gasteiger charge is 2.17. The molecule has 0 atom stereocenters. The fraction of sp³-hybridized carbons (Fsp3) is 0.231. The first kappa shape index (κ1) is 20.6. The molecule has 0 unspecified atom stereocenters. The summed E-state index contributed by atoms with van der Waals surface area (Å²) >= 11 is 0. The number of pyridine rings is 2. The van der Waals surface area contributed by atoms with E-state index in [1.807, 2.05) is 36.7 Å². The number of amides is 1. The molecule has 1 saturated heterocycles. The molecule has 1 aliphatic heterocycles. The summed E-state index contributed by atoms with van der Waals surface area (Å²) in [7, 11) is 0. The normalized spacial score (nSPS) is 14.6. The summed E-state index contributed by atoms with van der Waals surface area (Å²) in [6.07, 6.45) is 9.77. The smallest absolute Gasteiger partial charge is 0.224 e. The first-order valence-corrected chi connectivity index (χ1v) is 11.6. The Morgan fingerprint density at radius 2 is 1.88 bits per heavy atom. The second-order valence-corrected chi connectivity index (χ2v) is 8.89. The molecule has 1 fully saturated rings. The molecule has 1 aromatic carbocycles. The standard InChI is InChI=1S/C26H25N7O/c34-25(9-16-3-6-27-7-4-16)30-20-10-18(13-29-15-20)17-1-2-23-21(11-17)26(33-32-23)24-12-19-14-28-8-5-22(19)31-24/h1-2,5,8,10-16,27,31H,3-4,6-7,9H2,(H,30,34)(H,32,33). The number of carbonyl (C=O) groups is 1. The van der Waals surface area contributed by atoms with Gasteiger partial charge in [-0.05, 0) is 67.7 Å². The molecular formula is C26H25N7O. The lowest BCUT2D eigenvalue weighted by atomic mass is 9.94. The average Bonchev–Trinajstić information content (AvgIpc) is 3.48. The van der Waals surface area contributed by atoms with Gasteiger partial charge >= 0.3 is 0 Å². The van der Waals surface area contributed by atoms with Crippen LogP contribution in [0, 0.1) is 5.92 Å². The Morgan fingerprint density at radius 1 is 0.971 bits per heavy atom. The highest BCUT2D eigenvalue weighted by molar-refractivity contribution is 5.98. The minimum atomic E-state index is 0.0479. The van der Waals surface area contributed by atoms with Crippen LogP contribution < -0.4 is 10.6 Å². The van der Waals surface area contributed by atoms with Gasteiger partial charge in [-0.2, -0.15) is 5.10 Å². The zero-order valence-electron chi connectivity index (χ0n) is 18.6. The first-order valence-electron chi connectivity index (χ1n) is 11.6. The van der Waals surface area contributed by atoms with Gasteiger partial charge in [0, 0.05) is 46.9 Å². The Bertz CT molecular complexity index is 1450. The van der Waals surface area contributed by atoms with Crippen LogP contribution in [0.3, 0.4) is 0 Å². The zero-order chi connectivity index (χ0) is 22.9. The molecule has 0 bridgehead atoms. The summed E-state index contributed by atoms with van der Waals surface area (Å²) < 4.78 is 0. The van der Waals surface area contributed by atoms with E-state index in [1.54, 1.807) is 12.4 Å². The second-order valence-electron chi connectivity index (χ2n) is 8.89. The van der Waals surface area contributed by atoms with E-state index in [-0.39, 0.29) is 5.91 Å². The molecule has 8 heteroatoms. The summed E-state index contributed by atoms with van der Waals surface area (Å²) in [6, 6.07) is 12.2. The molecule has 0 saturated carbocycles. The van der Waals surface area contributed by atoms with Gasteiger partial charge in [0.05, 0.1) is 23.1 Å². The lowest BCUT2D eigenvalue weighted by Crippen LogP contribution is -2.30. The lowest BCUT2D eigenvalue weighted by Gasteiger charge is -2.21. The second kappa shape index (κ2) is 8.72. The number of rotatable bonds is 5. The third-order valence-corrected chi connectivity index (χ3v) is 6.53. The van der Waals surface area contributed by atoms with Crippen LogP contribution in [0.5, 0.6) is 0 Å². The van der Waals surface area contributed by atoms with Crippen molar-refractivity contribution in [3.8, 4) is 22.5 Å². The van der Waals surface area contributed by atoms with Crippen LogP contribution in [-0.2, 0) is 4.79 Å². The number of carbonyl (C=O) groups excluding carboxylic acids is 1. The van der Waals surface area contributed by atoms with Gasteiger partial charge in [0.2, 0.25) is 5.91 Å². The van der Waals surface area contributed by atoms with Gasteiger partial charge in [-0.1, -0.05) is 6.07 Å². The minimum absolute atomic E-state index is 0.0479. The number of nitrogens with one attached hydrogen (secondary N) is 4. The van der Waals surface area contributed by atoms with E-state index in [0.717, 1.165) is 70.3 Å². The fourth-order valence-corrected chi connectivity index (χ4v) is 4.72. The van der Waals surface area contributed by atoms with Crippen molar-refractivity contribution in [2.24, 2.45) is 5.92 Å². The quantitative estimate of drug-likeness (QED) is 0.314. The van der Waals surface area contributed by atoms with Crippen molar-refractivity contribution in [2.45, 2.75) is 19.3 Å². The van der Waals surface area contributed by atoms with Crippen LogP contribution in [0.25, 0.3) is 44.3 Å². The SMILES string of the molecule is O=C(CC1CCNCC1)Nc1cncc(-c2ccc3[nH]nc(-c4cc5cnccc5[nH]4)c3c2)c1. The van der Waals surface area contributed by atoms with Crippen LogP contribution in [0.2, 0.25) is 0 Å². The highest BCUT2D eigenvalue weighted by Crippen LogP contribution is 2.32. The Labute approximate surface area is 196 Å². The molecule has 4 aromatic heterocycles. The minimum Gasteiger partial charge on any atom is -0.353 e. The Kier molecular flexibility index (Phi) is 5.27. The molecule has 0 radical (unpaired) electrons. The molecule has 1 aliphatic rings. The summed E-state index contributed by atoms with van der Waals surface area (Å²) in [5.41, 5.74) is 6.43. The number of piperidine rings is 1. The molecule has 8 nitrogen and oxygen atoms in total. The van der Waals surface area contributed by atoms with Crippen molar-refractivity contribution in [1.82, 2.24) is 30.5 Å². The molecule has 0 spiro atoms. The van der Waals surface area contributed by atoms with Gasteiger partial charge in [0.25, 0.3) is 0 Å². The molecule has 34 heavy (non-hydrogen) atoms. The maximum atomic E-state index is 12.6. The maximum Gasteiger partial charge on any atom is 0.224 e. The van der Waals surface area contributed by atoms with Gasteiger partial charge < -0.3 is 15.6 Å². The van der Waals surface area contributed by atoms with Crippen LogP contribution >= 0.6 is 0 Å². The van der Waals surface area contributed by atoms with E-state index in [1.165, 1.54) is 0 Å². The number of benzene rings is 1. The predicted octanol–water partition coefficient (Wildman–Crippen LogP) is 4.50. The van der Waals surface area contributed by atoms with E-state index >= 15 is 0 Å². The van der Waals surface area contributed by atoms with E-state index in [9.17, 15) is 4.79 Å². The van der Waals surface area contributed by atoms with Crippen molar-refractivity contribution < 1.29 is 4.79 Å². The maximum absolute atomic E-state index is 12.6. The molecule has 5 heterocycles. The van der Waals surface area contributed by atoms with E-state index in [4.69, 9.17) is 0 Å². The van der Waals surface area contributed by atoms with Crippen LogP contribution in [-0.4, -0.2) is 44.1 Å². The van der Waals surface area contributed by atoms with Crippen molar-refractivity contribution in [3.63, 3.8) is 0 Å². The van der Waals surface area contributed by atoms with Crippen LogP contribution in [0.15, 0.2) is 61.2 Å². The zero-order valence-corrected chi connectivity index (χ0v) is 18.6. The van der Waals surface area contributed by atoms with Gasteiger partial charge in [0.15, 0.2) is 0 Å². The fourth-order valence-electron chi connectivity index (χ4n) is 4.72. The van der Waals surface area contributed by atoms with Gasteiger partial charge in [-0.3, -0.25) is 19.9 Å². The van der Waals surface area contributed by atoms with Crippen LogP contribution in [0.1, 0.15) is 19.3 Å². The third kappa shape index (κ3) is 4.04. The topological polar surface area (TPSA) is 111 Å². The molecule has 0 aliphatic carbocycles. The van der Waals surface area contributed by atoms with Crippen molar-refractivity contribution in [3.05, 3.63) is 61.2 Å². The van der Waals surface area contributed by atoms with Crippen LogP contribution in [0.4, 0.5) is 5.69 Å². The molecule has 1 amide bonds. The lowest BCUT2D eigenvalue weighted by molar-refractivity contribution is -0.117. The number of nitrogens with zero attached hydrogens (tertiary/aromatic N) is 3. The number of hydrogen-bond acceptors (Lipinski definition) is 5. The third-order valence-electron chi connectivity index (χ3n) is 6.53. The van der Waals surface area contributed by atoms with Gasteiger partial charge in [-0.15, -0.1) is 0 Å². The average molecular weight is 452 g/mol. The number of hydrogen-bond donors (Lipinski definition) is 4. The van der Waals surface area contributed by atoms with E-state index in [2.05, 4.69) is 47.9 Å². The van der Waals surface area contributed by atoms with Crippen molar-refractivity contribution in [1.29, 1.82) is 0 Å². The highest BCUT2D eigenvalue weighted by atomic mass is 16.1. The number of aromatic nitrogens is 5. The monoisotopic (exact) mass is 451 g/mol. The van der Waals surface area contributed by atoms with Gasteiger partial charge in [-0.25, -0.2) is 0 Å². The molecule has 170 valence electrons. The summed E-state index contributed by atoms with van der Waals surface area (Å²) in [5.74, 6) is 0.492. The molecule has 5 aromatic rings. The number of aromatic amines is 2. The number of H-pyrrole nitrogens is 2. The largest absolute Gasteiger partial charge is 0.353 e. The summed E-state index contributed by atoms with van der Waals surface area (Å²) in [5, 5.41) is 16.1. The number of fused-ring (bicyclic) bond motifs is 2. The summed E-state index contributed by atoms with van der Waals surface area (Å²) in [6.45, 7) is 1.98. The number of anilines is 1. The Morgan fingerprint density at radius 3 is 2.76 bits per heavy atom. The molecule has 4 N–H and O–H groups in total. The van der Waals surface area contributed by atoms with E-state index in [0.29, 0.717) is 18.0 Å². The molecule has 6 rings (SSSR count). The summed E-state index contributed by atoms with van der Waals surface area (Å²) in [4.78, 5) is 24.6. The Balaban J connectivity index is 1.27. The van der Waals surface area contributed by atoms with Gasteiger partial charge in [0.1, 0.15) is 5.69 Å². The van der Waals surface area contributed by atoms with E-state index < -0.39 is 0 Å². The van der Waals surface area contributed by atoms with Crippen molar-refractivity contribution in [2.75, 3.05) is 18.4 Å².